The molecule has 2 rings (SSSR count). The van der Waals surface area contributed by atoms with Crippen molar-refractivity contribution in [1.82, 2.24) is 0 Å². The van der Waals surface area contributed by atoms with Gasteiger partial charge in [-0.15, -0.1) is 0 Å². The summed E-state index contributed by atoms with van der Waals surface area (Å²) < 4.78 is 27.2. The van der Waals surface area contributed by atoms with Crippen LogP contribution in [0.15, 0.2) is 12.1 Å². The Morgan fingerprint density at radius 3 is 2.39 bits per heavy atom. The highest BCUT2D eigenvalue weighted by atomic mass is 19.2. The van der Waals surface area contributed by atoms with E-state index in [0.717, 1.165) is 12.8 Å². The van der Waals surface area contributed by atoms with Crippen LogP contribution in [0.4, 0.5) is 8.78 Å². The van der Waals surface area contributed by atoms with Crippen molar-refractivity contribution in [1.29, 1.82) is 0 Å². The summed E-state index contributed by atoms with van der Waals surface area (Å²) in [4.78, 5) is 12.1. The molecule has 1 aromatic carbocycles. The van der Waals surface area contributed by atoms with E-state index in [0.29, 0.717) is 12.8 Å². The predicted octanol–water partition coefficient (Wildman–Crippen LogP) is 2.97. The fourth-order valence-electron chi connectivity index (χ4n) is 2.44. The molecule has 98 valence electrons. The summed E-state index contributed by atoms with van der Waals surface area (Å²) in [6.07, 6.45) is 2.86. The van der Waals surface area contributed by atoms with Crippen molar-refractivity contribution < 1.29 is 13.6 Å². The zero-order chi connectivity index (χ0) is 13.3. The van der Waals surface area contributed by atoms with Crippen LogP contribution in [0, 0.1) is 24.5 Å². The zero-order valence-electron chi connectivity index (χ0n) is 10.4. The molecule has 0 amide bonds. The van der Waals surface area contributed by atoms with Gasteiger partial charge >= 0.3 is 0 Å². The van der Waals surface area contributed by atoms with Gasteiger partial charge in [-0.25, -0.2) is 8.78 Å². The summed E-state index contributed by atoms with van der Waals surface area (Å²) in [6.45, 7) is 1.48. The standard InChI is InChI=1S/C14H17F2NO/c1-8-2-7-11(13(16)12(8)15)14(18)9-3-5-10(17)6-4-9/h2,7,9-10H,3-6,17H2,1H3. The summed E-state index contributed by atoms with van der Waals surface area (Å²) in [6, 6.07) is 2.96. The number of carbonyl (C=O) groups excluding carboxylic acids is 1. The maximum absolute atomic E-state index is 13.7. The molecule has 0 heterocycles. The molecule has 0 bridgehead atoms. The molecule has 0 atom stereocenters. The van der Waals surface area contributed by atoms with Gasteiger partial charge in [-0.05, 0) is 44.2 Å². The summed E-state index contributed by atoms with van der Waals surface area (Å²) >= 11 is 0. The Kier molecular flexibility index (Phi) is 3.76. The van der Waals surface area contributed by atoms with Crippen molar-refractivity contribution >= 4 is 5.78 Å². The van der Waals surface area contributed by atoms with Gasteiger partial charge in [-0.3, -0.25) is 4.79 Å². The number of benzene rings is 1. The Balaban J connectivity index is 2.21. The highest BCUT2D eigenvalue weighted by molar-refractivity contribution is 5.98. The summed E-state index contributed by atoms with van der Waals surface area (Å²) in [5.41, 5.74) is 5.86. The lowest BCUT2D eigenvalue weighted by molar-refractivity contribution is 0.0879. The zero-order valence-corrected chi connectivity index (χ0v) is 10.4. The van der Waals surface area contributed by atoms with Crippen LogP contribution < -0.4 is 5.73 Å². The fraction of sp³-hybridized carbons (Fsp3) is 0.500. The first kappa shape index (κ1) is 13.1. The number of carbonyl (C=O) groups is 1. The summed E-state index contributed by atoms with van der Waals surface area (Å²) in [7, 11) is 0. The quantitative estimate of drug-likeness (QED) is 0.823. The van der Waals surface area contributed by atoms with Crippen LogP contribution in [0.1, 0.15) is 41.6 Å². The molecule has 0 radical (unpaired) electrons. The second-order valence-electron chi connectivity index (χ2n) is 5.03. The van der Waals surface area contributed by atoms with E-state index in [2.05, 4.69) is 0 Å². The Morgan fingerprint density at radius 1 is 1.17 bits per heavy atom. The van der Waals surface area contributed by atoms with Crippen LogP contribution in [0.5, 0.6) is 0 Å². The molecule has 1 aliphatic carbocycles. The normalized spacial score (nSPS) is 24.0. The minimum absolute atomic E-state index is 0.126. The Bertz CT molecular complexity index is 465. The number of ketones is 1. The second-order valence-corrected chi connectivity index (χ2v) is 5.03. The van der Waals surface area contributed by atoms with E-state index in [1.165, 1.54) is 19.1 Å². The molecule has 1 saturated carbocycles. The molecule has 2 N–H and O–H groups in total. The Labute approximate surface area is 105 Å². The van der Waals surface area contributed by atoms with E-state index >= 15 is 0 Å². The number of rotatable bonds is 2. The number of aryl methyl sites for hydroxylation is 1. The smallest absolute Gasteiger partial charge is 0.169 e. The average molecular weight is 253 g/mol. The summed E-state index contributed by atoms with van der Waals surface area (Å²) in [5.74, 6) is -2.46. The minimum atomic E-state index is -1.02. The first-order valence-electron chi connectivity index (χ1n) is 6.25. The molecule has 1 aliphatic rings. The molecule has 0 unspecified atom stereocenters. The second kappa shape index (κ2) is 5.14. The van der Waals surface area contributed by atoms with Gasteiger partial charge in [-0.2, -0.15) is 0 Å². The molecule has 0 aromatic heterocycles. The first-order valence-corrected chi connectivity index (χ1v) is 6.25. The number of hydrogen-bond acceptors (Lipinski definition) is 2. The van der Waals surface area contributed by atoms with Gasteiger partial charge in [0, 0.05) is 12.0 Å². The van der Waals surface area contributed by atoms with Gasteiger partial charge in [0.05, 0.1) is 5.56 Å². The monoisotopic (exact) mass is 253 g/mol. The van der Waals surface area contributed by atoms with Crippen LogP contribution in [0.3, 0.4) is 0 Å². The van der Waals surface area contributed by atoms with Gasteiger partial charge in [0.15, 0.2) is 17.4 Å². The van der Waals surface area contributed by atoms with Crippen LogP contribution in [-0.4, -0.2) is 11.8 Å². The minimum Gasteiger partial charge on any atom is -0.328 e. The van der Waals surface area contributed by atoms with E-state index in [1.807, 2.05) is 0 Å². The Morgan fingerprint density at radius 2 is 1.78 bits per heavy atom. The third-order valence-corrected chi connectivity index (χ3v) is 3.68. The van der Waals surface area contributed by atoms with Crippen molar-refractivity contribution in [2.75, 3.05) is 0 Å². The van der Waals surface area contributed by atoms with Crippen LogP contribution in [0.25, 0.3) is 0 Å². The molecule has 0 aliphatic heterocycles. The molecular formula is C14H17F2NO. The molecular weight excluding hydrogens is 236 g/mol. The molecule has 1 aromatic rings. The van der Waals surface area contributed by atoms with E-state index in [4.69, 9.17) is 5.73 Å². The van der Waals surface area contributed by atoms with Crippen molar-refractivity contribution in [3.63, 3.8) is 0 Å². The van der Waals surface area contributed by atoms with E-state index < -0.39 is 11.6 Å². The van der Waals surface area contributed by atoms with Gasteiger partial charge in [0.2, 0.25) is 0 Å². The molecule has 0 spiro atoms. The van der Waals surface area contributed by atoms with Gasteiger partial charge in [0.25, 0.3) is 0 Å². The van der Waals surface area contributed by atoms with Gasteiger partial charge in [0.1, 0.15) is 0 Å². The highest BCUT2D eigenvalue weighted by Gasteiger charge is 2.28. The van der Waals surface area contributed by atoms with Crippen molar-refractivity contribution in [2.45, 2.75) is 38.6 Å². The summed E-state index contributed by atoms with van der Waals surface area (Å²) in [5, 5.41) is 0. The van der Waals surface area contributed by atoms with E-state index in [-0.39, 0.29) is 28.9 Å². The lowest BCUT2D eigenvalue weighted by Gasteiger charge is -2.25. The van der Waals surface area contributed by atoms with Crippen molar-refractivity contribution in [3.05, 3.63) is 34.9 Å². The van der Waals surface area contributed by atoms with Crippen molar-refractivity contribution in [3.8, 4) is 0 Å². The molecule has 1 fully saturated rings. The SMILES string of the molecule is Cc1ccc(C(=O)C2CCC(N)CC2)c(F)c1F. The van der Waals surface area contributed by atoms with E-state index in [1.54, 1.807) is 0 Å². The molecule has 0 saturated heterocycles. The predicted molar refractivity (Wildman–Crippen MR) is 65.4 cm³/mol. The first-order chi connectivity index (χ1) is 8.50. The molecule has 18 heavy (non-hydrogen) atoms. The fourth-order valence-corrected chi connectivity index (χ4v) is 2.44. The van der Waals surface area contributed by atoms with Gasteiger partial charge < -0.3 is 5.73 Å². The van der Waals surface area contributed by atoms with Gasteiger partial charge in [-0.1, -0.05) is 6.07 Å². The highest BCUT2D eigenvalue weighted by Crippen LogP contribution is 2.28. The maximum atomic E-state index is 13.7. The molecule has 2 nitrogen and oxygen atoms in total. The van der Waals surface area contributed by atoms with Crippen molar-refractivity contribution in [2.24, 2.45) is 11.7 Å². The number of hydrogen-bond donors (Lipinski definition) is 1. The lowest BCUT2D eigenvalue weighted by Crippen LogP contribution is -2.30. The number of nitrogens with two attached hydrogens (primary N) is 1. The van der Waals surface area contributed by atoms with Crippen LogP contribution in [0.2, 0.25) is 0 Å². The van der Waals surface area contributed by atoms with Crippen LogP contribution in [-0.2, 0) is 0 Å². The number of Topliss-reactive ketones (excluding diaryl/α,β-unsaturated/α-hetero) is 1. The van der Waals surface area contributed by atoms with E-state index in [9.17, 15) is 13.6 Å². The molecule has 4 heteroatoms. The largest absolute Gasteiger partial charge is 0.328 e. The third kappa shape index (κ3) is 2.43. The third-order valence-electron chi connectivity index (χ3n) is 3.68. The maximum Gasteiger partial charge on any atom is 0.169 e. The topological polar surface area (TPSA) is 43.1 Å². The lowest BCUT2D eigenvalue weighted by atomic mass is 9.81. The number of halogens is 2. The van der Waals surface area contributed by atoms with Crippen LogP contribution >= 0.6 is 0 Å². The average Bonchev–Trinajstić information content (AvgIpc) is 2.36. The Hall–Kier alpha value is -1.29.